The smallest absolute Gasteiger partial charge is 0.0611 e. The van der Waals surface area contributed by atoms with Gasteiger partial charge in [0.25, 0.3) is 0 Å². The van der Waals surface area contributed by atoms with Crippen molar-refractivity contribution in [2.24, 2.45) is 0 Å². The molecule has 4 nitrogen and oxygen atoms in total. The first-order valence-corrected chi connectivity index (χ1v) is 6.79. The minimum atomic E-state index is -0.165. The summed E-state index contributed by atoms with van der Waals surface area (Å²) in [5.74, 6) is 0. The quantitative estimate of drug-likeness (QED) is 0.727. The van der Waals surface area contributed by atoms with Gasteiger partial charge in [-0.25, -0.2) is 0 Å². The second-order valence-electron chi connectivity index (χ2n) is 5.30. The molecule has 1 fully saturated rings. The van der Waals surface area contributed by atoms with E-state index in [0.29, 0.717) is 6.04 Å². The molecule has 0 aliphatic carbocycles. The fraction of sp³-hybridized carbons (Fsp3) is 1.00. The van der Waals surface area contributed by atoms with Crippen LogP contribution in [0.2, 0.25) is 0 Å². The average molecular weight is 244 g/mol. The summed E-state index contributed by atoms with van der Waals surface area (Å²) < 4.78 is 5.47. The molecule has 2 unspecified atom stereocenters. The van der Waals surface area contributed by atoms with E-state index in [-0.39, 0.29) is 12.1 Å². The van der Waals surface area contributed by atoms with Crippen LogP contribution in [0.3, 0.4) is 0 Å². The molecule has 2 atom stereocenters. The highest BCUT2D eigenvalue weighted by Crippen LogP contribution is 2.17. The van der Waals surface area contributed by atoms with Gasteiger partial charge in [0.05, 0.1) is 13.2 Å². The van der Waals surface area contributed by atoms with E-state index in [1.807, 2.05) is 0 Å². The van der Waals surface area contributed by atoms with Crippen LogP contribution < -0.4 is 5.32 Å². The van der Waals surface area contributed by atoms with E-state index in [4.69, 9.17) is 4.74 Å². The van der Waals surface area contributed by atoms with Crippen molar-refractivity contribution in [1.29, 1.82) is 0 Å². The first-order chi connectivity index (χ1) is 8.11. The molecule has 17 heavy (non-hydrogen) atoms. The molecule has 0 aromatic heterocycles. The van der Waals surface area contributed by atoms with Crippen molar-refractivity contribution < 1.29 is 9.84 Å². The van der Waals surface area contributed by atoms with Crippen LogP contribution in [-0.2, 0) is 4.74 Å². The molecule has 1 heterocycles. The molecule has 1 saturated heterocycles. The number of nitrogens with one attached hydrogen (secondary N) is 1. The summed E-state index contributed by atoms with van der Waals surface area (Å²) in [5.41, 5.74) is -0.165. The maximum absolute atomic E-state index is 9.51. The molecule has 0 aromatic rings. The molecular formula is C13H28N2O2. The number of ether oxygens (including phenoxy) is 1. The number of likely N-dealkylation sites (N-methyl/N-ethyl adjacent to an activating group) is 1. The molecule has 0 radical (unpaired) electrons. The van der Waals surface area contributed by atoms with Gasteiger partial charge in [-0.2, -0.15) is 0 Å². The van der Waals surface area contributed by atoms with Crippen LogP contribution in [0.1, 0.15) is 33.6 Å². The van der Waals surface area contributed by atoms with Crippen molar-refractivity contribution in [2.75, 3.05) is 39.5 Å². The maximum atomic E-state index is 9.51. The zero-order valence-corrected chi connectivity index (χ0v) is 11.5. The van der Waals surface area contributed by atoms with Gasteiger partial charge in [0.1, 0.15) is 0 Å². The third kappa shape index (κ3) is 4.92. The van der Waals surface area contributed by atoms with Gasteiger partial charge in [-0.05, 0) is 33.2 Å². The number of aliphatic hydroxyl groups excluding tert-OH is 1. The van der Waals surface area contributed by atoms with Crippen LogP contribution >= 0.6 is 0 Å². The van der Waals surface area contributed by atoms with Gasteiger partial charge in [-0.1, -0.05) is 6.92 Å². The molecule has 1 aliphatic rings. The van der Waals surface area contributed by atoms with Crippen molar-refractivity contribution in [2.45, 2.75) is 45.2 Å². The molecule has 1 rings (SSSR count). The van der Waals surface area contributed by atoms with Gasteiger partial charge < -0.3 is 15.2 Å². The van der Waals surface area contributed by atoms with Crippen LogP contribution in [0.15, 0.2) is 0 Å². The van der Waals surface area contributed by atoms with E-state index in [9.17, 15) is 5.11 Å². The second kappa shape index (κ2) is 7.31. The largest absolute Gasteiger partial charge is 0.394 e. The lowest BCUT2D eigenvalue weighted by atomic mass is 9.93. The van der Waals surface area contributed by atoms with E-state index in [1.165, 1.54) is 0 Å². The van der Waals surface area contributed by atoms with Crippen LogP contribution in [0, 0.1) is 0 Å². The van der Waals surface area contributed by atoms with Crippen molar-refractivity contribution in [3.05, 3.63) is 0 Å². The van der Waals surface area contributed by atoms with Gasteiger partial charge in [0.15, 0.2) is 0 Å². The summed E-state index contributed by atoms with van der Waals surface area (Å²) in [7, 11) is 0. The highest BCUT2D eigenvalue weighted by molar-refractivity contribution is 4.87. The number of hydrogen-bond acceptors (Lipinski definition) is 4. The first kappa shape index (κ1) is 14.9. The Balaban J connectivity index is 2.47. The van der Waals surface area contributed by atoms with Crippen LogP contribution in [-0.4, -0.2) is 61.0 Å². The number of rotatable bonds is 6. The molecular weight excluding hydrogens is 216 g/mol. The predicted molar refractivity (Wildman–Crippen MR) is 70.3 cm³/mol. The van der Waals surface area contributed by atoms with Gasteiger partial charge in [0.2, 0.25) is 0 Å². The van der Waals surface area contributed by atoms with Crippen LogP contribution in [0.5, 0.6) is 0 Å². The van der Waals surface area contributed by atoms with Gasteiger partial charge in [-0.3, -0.25) is 4.90 Å². The Morgan fingerprint density at radius 1 is 1.41 bits per heavy atom. The van der Waals surface area contributed by atoms with Gasteiger partial charge >= 0.3 is 0 Å². The lowest BCUT2D eigenvalue weighted by Crippen LogP contribution is -2.50. The Morgan fingerprint density at radius 2 is 2.18 bits per heavy atom. The summed E-state index contributed by atoms with van der Waals surface area (Å²) in [5, 5.41) is 12.9. The standard InChI is InChI=1S/C13H28N2O2/c1-4-14-13(3,11-16)10-12(2)15-6-5-8-17-9-7-15/h12,14,16H,4-11H2,1-3H3. The molecule has 4 heteroatoms. The SMILES string of the molecule is CCNC(C)(CO)CC(C)N1CCCOCC1. The van der Waals surface area contributed by atoms with Crippen molar-refractivity contribution >= 4 is 0 Å². The van der Waals surface area contributed by atoms with Gasteiger partial charge in [-0.15, -0.1) is 0 Å². The third-order valence-corrected chi connectivity index (χ3v) is 3.58. The van der Waals surface area contributed by atoms with E-state index >= 15 is 0 Å². The summed E-state index contributed by atoms with van der Waals surface area (Å²) in [4.78, 5) is 2.47. The van der Waals surface area contributed by atoms with Crippen LogP contribution in [0.4, 0.5) is 0 Å². The zero-order chi connectivity index (χ0) is 12.7. The van der Waals surface area contributed by atoms with Gasteiger partial charge in [0, 0.05) is 31.3 Å². The first-order valence-electron chi connectivity index (χ1n) is 6.79. The van der Waals surface area contributed by atoms with E-state index < -0.39 is 0 Å². The summed E-state index contributed by atoms with van der Waals surface area (Å²) in [6.07, 6.45) is 2.08. The highest BCUT2D eigenvalue weighted by Gasteiger charge is 2.27. The summed E-state index contributed by atoms with van der Waals surface area (Å²) in [6.45, 7) is 11.3. The molecule has 1 aliphatic heterocycles. The Morgan fingerprint density at radius 3 is 2.82 bits per heavy atom. The number of hydrogen-bond donors (Lipinski definition) is 2. The molecule has 0 saturated carbocycles. The lowest BCUT2D eigenvalue weighted by molar-refractivity contribution is 0.105. The predicted octanol–water partition coefficient (Wildman–Crippen LogP) is 0.848. The Hall–Kier alpha value is -0.160. The molecule has 0 amide bonds. The number of aliphatic hydroxyl groups is 1. The van der Waals surface area contributed by atoms with Crippen molar-refractivity contribution in [3.8, 4) is 0 Å². The molecule has 0 aromatic carbocycles. The van der Waals surface area contributed by atoms with Crippen LogP contribution in [0.25, 0.3) is 0 Å². The van der Waals surface area contributed by atoms with E-state index in [1.54, 1.807) is 0 Å². The monoisotopic (exact) mass is 244 g/mol. The molecule has 0 bridgehead atoms. The molecule has 2 N–H and O–H groups in total. The third-order valence-electron chi connectivity index (χ3n) is 3.58. The summed E-state index contributed by atoms with van der Waals surface area (Å²) in [6, 6.07) is 0.480. The second-order valence-corrected chi connectivity index (χ2v) is 5.30. The topological polar surface area (TPSA) is 44.7 Å². The van der Waals surface area contributed by atoms with E-state index in [2.05, 4.69) is 31.0 Å². The highest BCUT2D eigenvalue weighted by atomic mass is 16.5. The zero-order valence-electron chi connectivity index (χ0n) is 11.5. The minimum absolute atomic E-state index is 0.165. The summed E-state index contributed by atoms with van der Waals surface area (Å²) >= 11 is 0. The fourth-order valence-electron chi connectivity index (χ4n) is 2.61. The Bertz CT molecular complexity index is 206. The number of nitrogens with zero attached hydrogens (tertiary/aromatic N) is 1. The maximum Gasteiger partial charge on any atom is 0.0611 e. The Kier molecular flexibility index (Phi) is 6.41. The average Bonchev–Trinajstić information content (AvgIpc) is 2.57. The molecule has 0 spiro atoms. The minimum Gasteiger partial charge on any atom is -0.394 e. The van der Waals surface area contributed by atoms with Crippen molar-refractivity contribution in [1.82, 2.24) is 10.2 Å². The molecule has 102 valence electrons. The fourth-order valence-corrected chi connectivity index (χ4v) is 2.61. The lowest BCUT2D eigenvalue weighted by Gasteiger charge is -2.36. The normalized spacial score (nSPS) is 24.0. The Labute approximate surface area is 105 Å². The van der Waals surface area contributed by atoms with E-state index in [0.717, 1.165) is 45.7 Å². The van der Waals surface area contributed by atoms with Crippen molar-refractivity contribution in [3.63, 3.8) is 0 Å².